The number of aliphatic imine (C=N–C) groups is 1. The predicted molar refractivity (Wildman–Crippen MR) is 147 cm³/mol. The van der Waals surface area contributed by atoms with Crippen LogP contribution >= 0.6 is 0 Å². The fraction of sp³-hybridized carbons (Fsp3) is 0.438. The van der Waals surface area contributed by atoms with Gasteiger partial charge < -0.3 is 14.2 Å². The molecule has 3 atom stereocenters. The molecule has 0 radical (unpaired) electrons. The second kappa shape index (κ2) is 11.6. The first-order chi connectivity index (χ1) is 18.9. The number of benzene rings is 2. The highest BCUT2D eigenvalue weighted by molar-refractivity contribution is 6.09. The lowest BCUT2D eigenvalue weighted by Crippen LogP contribution is -2.39. The van der Waals surface area contributed by atoms with Gasteiger partial charge in [0.1, 0.15) is 12.0 Å². The topological polar surface area (TPSA) is 91.3 Å². The smallest absolute Gasteiger partial charge is 0.315 e. The molecule has 2 aromatic carbocycles. The molecule has 2 aliphatic carbocycles. The normalized spacial score (nSPS) is 23.5. The zero-order valence-corrected chi connectivity index (χ0v) is 22.8. The third-order valence-corrected chi connectivity index (χ3v) is 8.05. The molecule has 1 unspecified atom stereocenters. The van der Waals surface area contributed by atoms with Crippen molar-refractivity contribution in [2.24, 2.45) is 10.9 Å². The molecular formula is C32H35NO6. The lowest BCUT2D eigenvalue weighted by atomic mass is 9.69. The van der Waals surface area contributed by atoms with E-state index in [1.807, 2.05) is 37.3 Å². The number of rotatable bonds is 6. The van der Waals surface area contributed by atoms with Crippen LogP contribution in [0, 0.1) is 5.92 Å². The zero-order valence-electron chi connectivity index (χ0n) is 22.8. The van der Waals surface area contributed by atoms with Crippen LogP contribution in [0.3, 0.4) is 0 Å². The van der Waals surface area contributed by atoms with Gasteiger partial charge in [0.25, 0.3) is 0 Å². The van der Waals surface area contributed by atoms with Gasteiger partial charge in [-0.3, -0.25) is 19.4 Å². The van der Waals surface area contributed by atoms with Gasteiger partial charge in [0, 0.05) is 36.2 Å². The number of allylic oxidation sites excluding steroid dienone is 2. The number of Topliss-reactive ketones (excluding diaryl/α,β-unsaturated/α-hetero) is 1. The third-order valence-electron chi connectivity index (χ3n) is 8.05. The van der Waals surface area contributed by atoms with Gasteiger partial charge in [-0.05, 0) is 68.2 Å². The third kappa shape index (κ3) is 5.68. The molecule has 7 nitrogen and oxygen atoms in total. The van der Waals surface area contributed by atoms with Crippen LogP contribution in [0.5, 0.6) is 11.5 Å². The van der Waals surface area contributed by atoms with Crippen LogP contribution in [0.15, 0.2) is 64.8 Å². The van der Waals surface area contributed by atoms with Crippen molar-refractivity contribution in [2.45, 2.75) is 76.7 Å². The fourth-order valence-electron chi connectivity index (χ4n) is 6.22. The molecule has 1 aliphatic heterocycles. The van der Waals surface area contributed by atoms with E-state index in [1.165, 1.54) is 14.0 Å². The van der Waals surface area contributed by atoms with Crippen molar-refractivity contribution in [2.75, 3.05) is 7.11 Å². The van der Waals surface area contributed by atoms with Crippen molar-refractivity contribution in [3.05, 3.63) is 70.9 Å². The summed E-state index contributed by atoms with van der Waals surface area (Å²) in [5.74, 6) is -1.45. The van der Waals surface area contributed by atoms with Crippen molar-refractivity contribution in [3.8, 4) is 11.5 Å². The van der Waals surface area contributed by atoms with Crippen LogP contribution in [0.4, 0.5) is 0 Å². The number of hydrogen-bond acceptors (Lipinski definition) is 7. The number of ketones is 1. The lowest BCUT2D eigenvalue weighted by Gasteiger charge is -2.37. The molecule has 7 heteroatoms. The summed E-state index contributed by atoms with van der Waals surface area (Å²) in [6, 6.07) is 15.2. The van der Waals surface area contributed by atoms with E-state index in [-0.39, 0.29) is 29.5 Å². The van der Waals surface area contributed by atoms with Crippen LogP contribution in [-0.4, -0.2) is 36.6 Å². The highest BCUT2D eigenvalue weighted by Gasteiger charge is 2.45. The standard InChI is InChI=1S/C32H35NO6/c1-19-29(32(36)39-24-12-8-5-9-13-24)30(22-14-15-27(38-20(2)34)28(18-22)37-3)31-25(33-19)16-23(17-26(31)35)21-10-6-4-7-11-21/h4,6-7,10-11,14-15,18,23-24,29-30H,5,8-9,12-13,16-17H2,1-3H3/t23-,29?,30-/m0/s1. The monoisotopic (exact) mass is 529 g/mol. The number of hydrogen-bond donors (Lipinski definition) is 0. The van der Waals surface area contributed by atoms with Gasteiger partial charge in [0.2, 0.25) is 0 Å². The first kappa shape index (κ1) is 26.9. The maximum absolute atomic E-state index is 13.8. The van der Waals surface area contributed by atoms with E-state index in [4.69, 9.17) is 19.2 Å². The Bertz CT molecular complexity index is 1320. The largest absolute Gasteiger partial charge is 0.493 e. The molecule has 0 saturated heterocycles. The Hall–Kier alpha value is -3.74. The predicted octanol–water partition coefficient (Wildman–Crippen LogP) is 6.07. The number of methoxy groups -OCH3 is 1. The molecule has 5 rings (SSSR count). The number of esters is 2. The van der Waals surface area contributed by atoms with Crippen LogP contribution < -0.4 is 9.47 Å². The first-order valence-corrected chi connectivity index (χ1v) is 13.8. The summed E-state index contributed by atoms with van der Waals surface area (Å²) in [7, 11) is 1.50. The van der Waals surface area contributed by atoms with Crippen molar-refractivity contribution in [1.29, 1.82) is 0 Å². The SMILES string of the molecule is COc1cc([C@@H]2C3=C(C[C@H](c4ccccc4)CC3=O)N=C(C)C2C(=O)OC2CCCCC2)ccc1OC(C)=O. The van der Waals surface area contributed by atoms with Crippen molar-refractivity contribution < 1.29 is 28.6 Å². The highest BCUT2D eigenvalue weighted by Crippen LogP contribution is 2.48. The van der Waals surface area contributed by atoms with E-state index < -0.39 is 17.8 Å². The van der Waals surface area contributed by atoms with Crippen LogP contribution in [0.25, 0.3) is 0 Å². The molecule has 1 fully saturated rings. The molecule has 1 saturated carbocycles. The highest BCUT2D eigenvalue weighted by atomic mass is 16.6. The Morgan fingerprint density at radius 3 is 2.36 bits per heavy atom. The summed E-state index contributed by atoms with van der Waals surface area (Å²) in [5, 5.41) is 0. The Morgan fingerprint density at radius 2 is 1.67 bits per heavy atom. The summed E-state index contributed by atoms with van der Waals surface area (Å²) in [4.78, 5) is 44.1. The molecule has 0 spiro atoms. The van der Waals surface area contributed by atoms with Crippen LogP contribution in [0.1, 0.15) is 81.8 Å². The molecule has 39 heavy (non-hydrogen) atoms. The number of nitrogens with zero attached hydrogens (tertiary/aromatic N) is 1. The van der Waals surface area contributed by atoms with E-state index in [2.05, 4.69) is 0 Å². The minimum Gasteiger partial charge on any atom is -0.493 e. The molecule has 0 N–H and O–H groups in total. The van der Waals surface area contributed by atoms with Gasteiger partial charge in [-0.1, -0.05) is 42.8 Å². The first-order valence-electron chi connectivity index (χ1n) is 13.8. The average molecular weight is 530 g/mol. The summed E-state index contributed by atoms with van der Waals surface area (Å²) in [5.41, 5.74) is 3.77. The Labute approximate surface area is 229 Å². The summed E-state index contributed by atoms with van der Waals surface area (Å²) < 4.78 is 16.9. The second-order valence-corrected chi connectivity index (χ2v) is 10.7. The van der Waals surface area contributed by atoms with Crippen molar-refractivity contribution in [3.63, 3.8) is 0 Å². The number of carbonyl (C=O) groups excluding carboxylic acids is 3. The maximum Gasteiger partial charge on any atom is 0.315 e. The molecule has 2 aromatic rings. The molecule has 3 aliphatic rings. The summed E-state index contributed by atoms with van der Waals surface area (Å²) in [6.45, 7) is 3.18. The molecule has 1 heterocycles. The van der Waals surface area contributed by atoms with Gasteiger partial charge >= 0.3 is 11.9 Å². The minimum atomic E-state index is -0.729. The van der Waals surface area contributed by atoms with Crippen molar-refractivity contribution in [1.82, 2.24) is 0 Å². The Kier molecular flexibility index (Phi) is 7.96. The Balaban J connectivity index is 1.56. The number of carbonyl (C=O) groups is 3. The van der Waals surface area contributed by atoms with Crippen LogP contribution in [0.2, 0.25) is 0 Å². The van der Waals surface area contributed by atoms with Gasteiger partial charge in [-0.15, -0.1) is 0 Å². The maximum atomic E-state index is 13.8. The molecule has 0 aromatic heterocycles. The second-order valence-electron chi connectivity index (χ2n) is 10.7. The van der Waals surface area contributed by atoms with Gasteiger partial charge in [-0.25, -0.2) is 0 Å². The zero-order chi connectivity index (χ0) is 27.5. The van der Waals surface area contributed by atoms with E-state index in [0.717, 1.165) is 48.9 Å². The summed E-state index contributed by atoms with van der Waals surface area (Å²) in [6.07, 6.45) is 5.81. The minimum absolute atomic E-state index is 0.00940. The van der Waals surface area contributed by atoms with Gasteiger partial charge in [0.15, 0.2) is 17.3 Å². The van der Waals surface area contributed by atoms with Crippen molar-refractivity contribution >= 4 is 23.4 Å². The molecule has 0 amide bonds. The van der Waals surface area contributed by atoms with E-state index in [1.54, 1.807) is 18.2 Å². The summed E-state index contributed by atoms with van der Waals surface area (Å²) >= 11 is 0. The van der Waals surface area contributed by atoms with Crippen LogP contribution in [-0.2, 0) is 19.1 Å². The molecule has 204 valence electrons. The van der Waals surface area contributed by atoms with E-state index >= 15 is 0 Å². The molecular weight excluding hydrogens is 494 g/mol. The van der Waals surface area contributed by atoms with E-state index in [9.17, 15) is 14.4 Å². The molecule has 0 bridgehead atoms. The van der Waals surface area contributed by atoms with E-state index in [0.29, 0.717) is 29.9 Å². The Morgan fingerprint density at radius 1 is 0.923 bits per heavy atom. The van der Waals surface area contributed by atoms with Gasteiger partial charge in [-0.2, -0.15) is 0 Å². The fourth-order valence-corrected chi connectivity index (χ4v) is 6.22. The quantitative estimate of drug-likeness (QED) is 0.333. The number of ether oxygens (including phenoxy) is 3. The average Bonchev–Trinajstić information content (AvgIpc) is 2.93. The lowest BCUT2D eigenvalue weighted by molar-refractivity contribution is -0.153. The van der Waals surface area contributed by atoms with Gasteiger partial charge in [0.05, 0.1) is 7.11 Å².